The van der Waals surface area contributed by atoms with Crippen molar-refractivity contribution in [3.8, 4) is 0 Å². The topological polar surface area (TPSA) is 99.8 Å². The molecule has 9 heteroatoms. The van der Waals surface area contributed by atoms with Crippen molar-refractivity contribution in [1.82, 2.24) is 24.9 Å². The monoisotopic (exact) mass is 413 g/mol. The van der Waals surface area contributed by atoms with Crippen LogP contribution in [0, 0.1) is 6.92 Å². The molecule has 0 N–H and O–H groups in total. The molecule has 30 heavy (non-hydrogen) atoms. The molecule has 1 unspecified atom stereocenters. The lowest BCUT2D eigenvalue weighted by molar-refractivity contribution is -0.161. The van der Waals surface area contributed by atoms with Crippen molar-refractivity contribution in [2.45, 2.75) is 39.3 Å². The van der Waals surface area contributed by atoms with Crippen LogP contribution in [-0.4, -0.2) is 69.3 Å². The normalized spacial score (nSPS) is 15.4. The predicted molar refractivity (Wildman–Crippen MR) is 108 cm³/mol. The molecule has 2 aromatic rings. The smallest absolute Gasteiger partial charge is 0.313 e. The van der Waals surface area contributed by atoms with E-state index in [2.05, 4.69) is 10.2 Å². The molecule has 1 fully saturated rings. The second-order valence-corrected chi connectivity index (χ2v) is 7.37. The van der Waals surface area contributed by atoms with E-state index >= 15 is 0 Å². The van der Waals surface area contributed by atoms with Crippen molar-refractivity contribution in [2.24, 2.45) is 0 Å². The number of nitrogens with zero attached hydrogens (tertiary/aromatic N) is 5. The highest BCUT2D eigenvalue weighted by molar-refractivity contribution is 6.35. The summed E-state index contributed by atoms with van der Waals surface area (Å²) < 4.78 is 5.37. The lowest BCUT2D eigenvalue weighted by atomic mass is 10.0. The van der Waals surface area contributed by atoms with Crippen molar-refractivity contribution < 1.29 is 18.8 Å². The van der Waals surface area contributed by atoms with Crippen LogP contribution >= 0.6 is 0 Å². The van der Waals surface area contributed by atoms with Gasteiger partial charge in [-0.1, -0.05) is 43.7 Å². The van der Waals surface area contributed by atoms with E-state index in [0.29, 0.717) is 37.0 Å². The molecule has 1 aliphatic heterocycles. The molecule has 0 aliphatic carbocycles. The number of likely N-dealkylation sites (N-methyl/N-ethyl adjacent to an activating group) is 1. The van der Waals surface area contributed by atoms with Crippen LogP contribution in [-0.2, 0) is 20.9 Å². The fraction of sp³-hybridized carbons (Fsp3) is 0.476. The van der Waals surface area contributed by atoms with Crippen LogP contribution in [0.3, 0.4) is 0 Å². The maximum Gasteiger partial charge on any atom is 0.313 e. The van der Waals surface area contributed by atoms with Gasteiger partial charge in [0.15, 0.2) is 0 Å². The van der Waals surface area contributed by atoms with Crippen molar-refractivity contribution in [3.63, 3.8) is 0 Å². The molecule has 1 saturated heterocycles. The Morgan fingerprint density at radius 3 is 2.53 bits per heavy atom. The maximum absolute atomic E-state index is 13.4. The summed E-state index contributed by atoms with van der Waals surface area (Å²) in [5, 5.41) is 7.70. The van der Waals surface area contributed by atoms with Gasteiger partial charge in [0.25, 0.3) is 0 Å². The molecular formula is C21H27N5O4. The van der Waals surface area contributed by atoms with Gasteiger partial charge in [-0.2, -0.15) is 0 Å². The largest absolute Gasteiger partial charge is 0.424 e. The zero-order valence-corrected chi connectivity index (χ0v) is 17.6. The molecule has 3 amide bonds. The second kappa shape index (κ2) is 9.51. The molecule has 9 nitrogen and oxygen atoms in total. The van der Waals surface area contributed by atoms with Gasteiger partial charge in [-0.3, -0.25) is 14.4 Å². The Morgan fingerprint density at radius 1 is 1.17 bits per heavy atom. The Kier molecular flexibility index (Phi) is 6.81. The number of hydrogen-bond acceptors (Lipinski definition) is 6. The van der Waals surface area contributed by atoms with Crippen molar-refractivity contribution in [2.75, 3.05) is 26.7 Å². The standard InChI is InChI=1S/C21H27N5O4/c1-4-5-11-25-12-13-26(21(29)20(25)28)18(16-9-7-6-8-10-16)19(27)24(3)14-17-23-22-15(2)30-17/h6-10,18H,4-5,11-14H2,1-3H3. The lowest BCUT2D eigenvalue weighted by Crippen LogP contribution is -2.57. The zero-order valence-electron chi connectivity index (χ0n) is 17.6. The number of carbonyl (C=O) groups is 3. The number of piperazine rings is 1. The van der Waals surface area contributed by atoms with Gasteiger partial charge in [0.05, 0.1) is 6.54 Å². The predicted octanol–water partition coefficient (Wildman–Crippen LogP) is 1.55. The number of amides is 3. The molecular weight excluding hydrogens is 386 g/mol. The van der Waals surface area contributed by atoms with Gasteiger partial charge in [-0.25, -0.2) is 0 Å². The Morgan fingerprint density at radius 2 is 1.90 bits per heavy atom. The van der Waals surface area contributed by atoms with Gasteiger partial charge >= 0.3 is 11.8 Å². The SMILES string of the molecule is CCCCN1CCN(C(C(=O)N(C)Cc2nnc(C)o2)c2ccccc2)C(=O)C1=O. The summed E-state index contributed by atoms with van der Waals surface area (Å²) in [7, 11) is 1.61. The number of hydrogen-bond donors (Lipinski definition) is 0. The molecule has 2 heterocycles. The molecule has 0 bridgehead atoms. The summed E-state index contributed by atoms with van der Waals surface area (Å²) >= 11 is 0. The van der Waals surface area contributed by atoms with E-state index < -0.39 is 17.9 Å². The van der Waals surface area contributed by atoms with Crippen molar-refractivity contribution in [1.29, 1.82) is 0 Å². The molecule has 0 spiro atoms. The molecule has 1 aromatic heterocycles. The van der Waals surface area contributed by atoms with Crippen molar-refractivity contribution in [3.05, 3.63) is 47.7 Å². The third-order valence-corrected chi connectivity index (χ3v) is 5.10. The Balaban J connectivity index is 1.83. The highest BCUT2D eigenvalue weighted by atomic mass is 16.4. The summed E-state index contributed by atoms with van der Waals surface area (Å²) in [6.45, 7) is 5.08. The van der Waals surface area contributed by atoms with Crippen LogP contribution in [0.4, 0.5) is 0 Å². The number of unbranched alkanes of at least 4 members (excludes halogenated alkanes) is 1. The molecule has 0 radical (unpaired) electrons. The van der Waals surface area contributed by atoms with Gasteiger partial charge in [0, 0.05) is 33.6 Å². The minimum Gasteiger partial charge on any atom is -0.424 e. The lowest BCUT2D eigenvalue weighted by Gasteiger charge is -2.39. The van der Waals surface area contributed by atoms with Gasteiger partial charge in [-0.15, -0.1) is 10.2 Å². The van der Waals surface area contributed by atoms with E-state index in [1.165, 1.54) is 9.80 Å². The third kappa shape index (κ3) is 4.67. The number of carbonyl (C=O) groups excluding carboxylic acids is 3. The first-order valence-electron chi connectivity index (χ1n) is 10.1. The average molecular weight is 413 g/mol. The maximum atomic E-state index is 13.4. The van der Waals surface area contributed by atoms with E-state index in [1.54, 1.807) is 43.1 Å². The quantitative estimate of drug-likeness (QED) is 0.609. The van der Waals surface area contributed by atoms with Gasteiger partial charge in [-0.05, 0) is 12.0 Å². The van der Waals surface area contributed by atoms with E-state index in [1.807, 2.05) is 13.0 Å². The summed E-state index contributed by atoms with van der Waals surface area (Å²) in [5.41, 5.74) is 0.652. The van der Waals surface area contributed by atoms with Crippen molar-refractivity contribution >= 4 is 17.7 Å². The minimum absolute atomic E-state index is 0.113. The van der Waals surface area contributed by atoms with Crippen LogP contribution in [0.5, 0.6) is 0 Å². The van der Waals surface area contributed by atoms with E-state index in [0.717, 1.165) is 12.8 Å². The van der Waals surface area contributed by atoms with E-state index in [9.17, 15) is 14.4 Å². The summed E-state index contributed by atoms with van der Waals surface area (Å²) in [5.74, 6) is -0.809. The molecule has 1 aromatic carbocycles. The first-order chi connectivity index (χ1) is 14.4. The number of aryl methyl sites for hydroxylation is 1. The Labute approximate surface area is 175 Å². The highest BCUT2D eigenvalue weighted by Gasteiger charge is 2.40. The summed E-state index contributed by atoms with van der Waals surface area (Å²) in [6, 6.07) is 8.13. The van der Waals surface area contributed by atoms with Gasteiger partial charge in [0.1, 0.15) is 6.04 Å². The molecule has 1 aliphatic rings. The van der Waals surface area contributed by atoms with Crippen LogP contribution in [0.2, 0.25) is 0 Å². The fourth-order valence-corrected chi connectivity index (χ4v) is 3.48. The summed E-state index contributed by atoms with van der Waals surface area (Å²) in [6.07, 6.45) is 1.78. The Bertz CT molecular complexity index is 898. The first kappa shape index (κ1) is 21.5. The zero-order chi connectivity index (χ0) is 21.7. The number of rotatable bonds is 8. The van der Waals surface area contributed by atoms with E-state index in [-0.39, 0.29) is 12.5 Å². The minimum atomic E-state index is -0.898. The number of aromatic nitrogens is 2. The van der Waals surface area contributed by atoms with Crippen LogP contribution in [0.25, 0.3) is 0 Å². The van der Waals surface area contributed by atoms with Gasteiger partial charge in [0.2, 0.25) is 17.7 Å². The molecule has 3 rings (SSSR count). The van der Waals surface area contributed by atoms with Crippen LogP contribution < -0.4 is 0 Å². The number of benzene rings is 1. The first-order valence-corrected chi connectivity index (χ1v) is 10.1. The molecule has 0 saturated carbocycles. The van der Waals surface area contributed by atoms with E-state index in [4.69, 9.17) is 4.42 Å². The van der Waals surface area contributed by atoms with Gasteiger partial charge < -0.3 is 19.1 Å². The molecule has 160 valence electrons. The average Bonchev–Trinajstić information content (AvgIpc) is 3.16. The highest BCUT2D eigenvalue weighted by Crippen LogP contribution is 2.26. The second-order valence-electron chi connectivity index (χ2n) is 7.37. The van der Waals surface area contributed by atoms with Crippen LogP contribution in [0.15, 0.2) is 34.7 Å². The third-order valence-electron chi connectivity index (χ3n) is 5.10. The Hall–Kier alpha value is -3.23. The fourth-order valence-electron chi connectivity index (χ4n) is 3.48. The van der Waals surface area contributed by atoms with Crippen LogP contribution in [0.1, 0.15) is 43.2 Å². The summed E-state index contributed by atoms with van der Waals surface area (Å²) in [4.78, 5) is 43.3. The molecule has 1 atom stereocenters.